The number of carbonyl (C=O) groups excluding carboxylic acids is 2. The molecule has 0 radical (unpaired) electrons. The van der Waals surface area contributed by atoms with Crippen molar-refractivity contribution in [1.29, 1.82) is 0 Å². The highest BCUT2D eigenvalue weighted by molar-refractivity contribution is 5.89. The fourth-order valence-corrected chi connectivity index (χ4v) is 11.1. The maximum atomic E-state index is 14.0. The zero-order chi connectivity index (χ0) is 31.2. The van der Waals surface area contributed by atoms with E-state index in [4.69, 9.17) is 18.9 Å². The van der Waals surface area contributed by atoms with Gasteiger partial charge in [0.25, 0.3) is 0 Å². The molecule has 0 spiro atoms. The zero-order valence-corrected chi connectivity index (χ0v) is 26.7. The van der Waals surface area contributed by atoms with Crippen LogP contribution in [-0.2, 0) is 28.5 Å². The van der Waals surface area contributed by atoms with Crippen LogP contribution < -0.4 is 0 Å². The van der Waals surface area contributed by atoms with Gasteiger partial charge in [-0.15, -0.1) is 0 Å². The Morgan fingerprint density at radius 3 is 2.32 bits per heavy atom. The second-order valence-electron chi connectivity index (χ2n) is 15.8. The van der Waals surface area contributed by atoms with Crippen LogP contribution in [0.1, 0.15) is 96.3 Å². The number of ether oxygens (including phenoxy) is 4. The van der Waals surface area contributed by atoms with Crippen LogP contribution in [0, 0.1) is 46.3 Å². The summed E-state index contributed by atoms with van der Waals surface area (Å²) in [5.41, 5.74) is 0.296. The van der Waals surface area contributed by atoms with E-state index in [-0.39, 0.29) is 28.4 Å². The minimum absolute atomic E-state index is 0.0299. The summed E-state index contributed by atoms with van der Waals surface area (Å²) in [5.74, 6) is -0.592. The van der Waals surface area contributed by atoms with E-state index in [1.165, 1.54) is 0 Å². The molecule has 2 saturated heterocycles. The first-order valence-electron chi connectivity index (χ1n) is 16.8. The quantitative estimate of drug-likeness (QED) is 0.411. The number of carbonyl (C=O) groups is 3. The van der Waals surface area contributed by atoms with Crippen molar-refractivity contribution < 1.29 is 38.4 Å². The molecule has 6 aliphatic rings. The summed E-state index contributed by atoms with van der Waals surface area (Å²) in [6.07, 6.45) is 4.41. The standard InChI is InChI=1S/C36H48O8/c1-19-28(42-33(40)20-9-7-6-8-10-20)30-31(44-34(2,3)43-30)29(41-19)23-18-36(5)21(17-27(23)37)11-12-22-24-13-14-26(32(38)39)35(24,4)16-15-25(22)36/h6-10,19,21-26,28-31H,11-18H2,1-5H3,(H,38,39)/t19-,21?,22-,23?,24-,25-,26?,28-,29-,30+,31-,35-,36-/m0/s1. The highest BCUT2D eigenvalue weighted by Gasteiger charge is 2.65. The van der Waals surface area contributed by atoms with Gasteiger partial charge in [0.1, 0.15) is 18.0 Å². The van der Waals surface area contributed by atoms with Crippen molar-refractivity contribution in [3.05, 3.63) is 35.9 Å². The Hall–Kier alpha value is -2.29. The van der Waals surface area contributed by atoms with Gasteiger partial charge in [-0.25, -0.2) is 4.79 Å². The van der Waals surface area contributed by atoms with Gasteiger partial charge in [-0.3, -0.25) is 9.59 Å². The molecule has 240 valence electrons. The Morgan fingerprint density at radius 2 is 1.59 bits per heavy atom. The summed E-state index contributed by atoms with van der Waals surface area (Å²) in [4.78, 5) is 39.2. The third-order valence-electron chi connectivity index (χ3n) is 13.2. The SMILES string of the molecule is C[C@@H]1O[C@@H](C2C[C@@]3(C)C(CC[C@@H]4[C@@H]3CC[C@]3(C)C(C(=O)O)CC[C@@H]43)CC2=O)[C@@H]2OC(C)(C)O[C@@H]2[C@H]1OC(=O)c1ccccc1. The van der Waals surface area contributed by atoms with Crippen molar-refractivity contribution in [2.24, 2.45) is 46.3 Å². The monoisotopic (exact) mass is 608 g/mol. The van der Waals surface area contributed by atoms with E-state index in [0.29, 0.717) is 35.7 Å². The average Bonchev–Trinajstić information content (AvgIpc) is 3.50. The number of carboxylic acid groups (broad SMARTS) is 1. The maximum Gasteiger partial charge on any atom is 0.338 e. The summed E-state index contributed by atoms with van der Waals surface area (Å²) in [5, 5.41) is 10.0. The molecule has 0 bridgehead atoms. The number of aliphatic carboxylic acids is 1. The first kappa shape index (κ1) is 30.4. The smallest absolute Gasteiger partial charge is 0.338 e. The van der Waals surface area contributed by atoms with E-state index in [1.807, 2.05) is 26.8 Å². The van der Waals surface area contributed by atoms with Crippen LogP contribution in [0.15, 0.2) is 30.3 Å². The van der Waals surface area contributed by atoms with Gasteiger partial charge in [0.2, 0.25) is 0 Å². The largest absolute Gasteiger partial charge is 0.481 e. The number of hydrogen-bond acceptors (Lipinski definition) is 7. The summed E-state index contributed by atoms with van der Waals surface area (Å²) >= 11 is 0. The van der Waals surface area contributed by atoms with E-state index in [0.717, 1.165) is 44.9 Å². The number of hydrogen-bond donors (Lipinski definition) is 1. The highest BCUT2D eigenvalue weighted by atomic mass is 16.8. The normalized spacial score (nSPS) is 47.6. The Bertz CT molecular complexity index is 1310. The van der Waals surface area contributed by atoms with Crippen LogP contribution in [0.25, 0.3) is 0 Å². The van der Waals surface area contributed by atoms with Crippen molar-refractivity contribution in [1.82, 2.24) is 0 Å². The molecule has 1 N–H and O–H groups in total. The summed E-state index contributed by atoms with van der Waals surface area (Å²) < 4.78 is 25.5. The molecule has 2 heterocycles. The molecule has 44 heavy (non-hydrogen) atoms. The van der Waals surface area contributed by atoms with Crippen LogP contribution in [-0.4, -0.2) is 59.1 Å². The zero-order valence-electron chi connectivity index (χ0n) is 26.7. The Kier molecular flexibility index (Phi) is 7.34. The van der Waals surface area contributed by atoms with Gasteiger partial charge in [-0.2, -0.15) is 0 Å². The van der Waals surface area contributed by atoms with Crippen molar-refractivity contribution in [3.8, 4) is 0 Å². The number of esters is 1. The van der Waals surface area contributed by atoms with Crippen molar-refractivity contribution in [3.63, 3.8) is 0 Å². The van der Waals surface area contributed by atoms with Gasteiger partial charge in [-0.05, 0) is 112 Å². The van der Waals surface area contributed by atoms with Crippen LogP contribution in [0.5, 0.6) is 0 Å². The molecule has 7 rings (SSSR count). The molecule has 6 fully saturated rings. The third-order valence-corrected chi connectivity index (χ3v) is 13.2. The highest BCUT2D eigenvalue weighted by Crippen LogP contribution is 2.68. The fraction of sp³-hybridized carbons (Fsp3) is 0.750. The molecule has 13 atom stereocenters. The summed E-state index contributed by atoms with van der Waals surface area (Å²) in [6.45, 7) is 10.3. The number of Topliss-reactive ketones (excluding diaryl/α,β-unsaturated/α-hetero) is 1. The van der Waals surface area contributed by atoms with Crippen molar-refractivity contribution >= 4 is 17.7 Å². The molecule has 3 unspecified atom stereocenters. The molecule has 2 aliphatic heterocycles. The van der Waals surface area contributed by atoms with Gasteiger partial charge in [0, 0.05) is 12.3 Å². The summed E-state index contributed by atoms with van der Waals surface area (Å²) in [6, 6.07) is 8.91. The van der Waals surface area contributed by atoms with Gasteiger partial charge in [-0.1, -0.05) is 32.0 Å². The minimum Gasteiger partial charge on any atom is -0.481 e. The molecular weight excluding hydrogens is 560 g/mol. The van der Waals surface area contributed by atoms with E-state index >= 15 is 0 Å². The molecule has 0 amide bonds. The predicted molar refractivity (Wildman–Crippen MR) is 161 cm³/mol. The summed E-state index contributed by atoms with van der Waals surface area (Å²) in [7, 11) is 0. The fourth-order valence-electron chi connectivity index (χ4n) is 11.1. The lowest BCUT2D eigenvalue weighted by Crippen LogP contribution is -2.62. The van der Waals surface area contributed by atoms with Crippen LogP contribution in [0.4, 0.5) is 0 Å². The lowest BCUT2D eigenvalue weighted by Gasteiger charge is -2.61. The van der Waals surface area contributed by atoms with E-state index in [1.54, 1.807) is 24.3 Å². The third kappa shape index (κ3) is 4.68. The lowest BCUT2D eigenvalue weighted by molar-refractivity contribution is -0.211. The molecule has 1 aromatic carbocycles. The molecule has 8 nitrogen and oxygen atoms in total. The molecule has 4 aliphatic carbocycles. The van der Waals surface area contributed by atoms with Gasteiger partial charge >= 0.3 is 11.9 Å². The predicted octanol–water partition coefficient (Wildman–Crippen LogP) is 6.06. The molecular formula is C36H48O8. The second-order valence-corrected chi connectivity index (χ2v) is 15.8. The van der Waals surface area contributed by atoms with Crippen molar-refractivity contribution in [2.45, 2.75) is 122 Å². The average molecular weight is 609 g/mol. The Morgan fingerprint density at radius 1 is 0.886 bits per heavy atom. The molecule has 0 aromatic heterocycles. The number of carboxylic acids is 1. The van der Waals surface area contributed by atoms with Crippen LogP contribution in [0.3, 0.4) is 0 Å². The Labute approximate surface area is 260 Å². The minimum atomic E-state index is -0.907. The molecule has 8 heteroatoms. The van der Waals surface area contributed by atoms with E-state index < -0.39 is 48.2 Å². The second kappa shape index (κ2) is 10.6. The number of benzene rings is 1. The van der Waals surface area contributed by atoms with Gasteiger partial charge < -0.3 is 24.1 Å². The topological polar surface area (TPSA) is 108 Å². The molecule has 4 saturated carbocycles. The number of fused-ring (bicyclic) bond motifs is 6. The number of rotatable bonds is 4. The molecule has 1 aromatic rings. The van der Waals surface area contributed by atoms with E-state index in [9.17, 15) is 19.5 Å². The number of ketones is 1. The van der Waals surface area contributed by atoms with Crippen molar-refractivity contribution in [2.75, 3.05) is 0 Å². The first-order valence-corrected chi connectivity index (χ1v) is 16.8. The lowest BCUT2D eigenvalue weighted by atomic mass is 9.43. The van der Waals surface area contributed by atoms with Gasteiger partial charge in [0.05, 0.1) is 23.7 Å². The maximum absolute atomic E-state index is 14.0. The van der Waals surface area contributed by atoms with Crippen LogP contribution in [0.2, 0.25) is 0 Å². The van der Waals surface area contributed by atoms with Gasteiger partial charge in [0.15, 0.2) is 11.9 Å². The van der Waals surface area contributed by atoms with Crippen LogP contribution >= 0.6 is 0 Å². The van der Waals surface area contributed by atoms with E-state index in [2.05, 4.69) is 13.8 Å². The Balaban J connectivity index is 1.14. The first-order chi connectivity index (χ1) is 20.8.